The van der Waals surface area contributed by atoms with Gasteiger partial charge in [0.2, 0.25) is 0 Å². The maximum absolute atomic E-state index is 12.2. The summed E-state index contributed by atoms with van der Waals surface area (Å²) in [5.74, 6) is 1.03. The van der Waals surface area contributed by atoms with Gasteiger partial charge in [0.15, 0.2) is 9.84 Å². The van der Waals surface area contributed by atoms with Gasteiger partial charge in [0.25, 0.3) is 0 Å². The molecule has 2 aromatic carbocycles. The number of nitrogens with one attached hydrogen (secondary N) is 1. The Hall–Kier alpha value is -2.97. The minimum atomic E-state index is -3.39. The lowest BCUT2D eigenvalue weighted by molar-refractivity contribution is 0.477. The highest BCUT2D eigenvalue weighted by atomic mass is 32.2. The number of hydrogen-bond acceptors (Lipinski definition) is 7. The standard InChI is InChI=1S/C21H19N3O3S2/c1-3-29(26,27)15-9-10-18(25)17(11-15)24-20-16-12-19(14-7-5-4-6-8-14)28-21(16)23-13(2)22-20/h4-12,25H,3H2,1-2H3,(H,22,23,24). The Kier molecular flexibility index (Phi) is 4.97. The van der Waals surface area contributed by atoms with Crippen LogP contribution in [0.15, 0.2) is 59.5 Å². The van der Waals surface area contributed by atoms with E-state index < -0.39 is 9.84 Å². The Balaban J connectivity index is 1.81. The van der Waals surface area contributed by atoms with Crippen molar-refractivity contribution in [1.82, 2.24) is 9.97 Å². The van der Waals surface area contributed by atoms with Gasteiger partial charge in [-0.25, -0.2) is 18.4 Å². The zero-order valence-corrected chi connectivity index (χ0v) is 17.5. The van der Waals surface area contributed by atoms with Crippen molar-refractivity contribution < 1.29 is 13.5 Å². The number of aromatic hydroxyl groups is 1. The van der Waals surface area contributed by atoms with Crippen LogP contribution in [0.1, 0.15) is 12.7 Å². The molecular formula is C21H19N3O3S2. The molecule has 0 amide bonds. The molecular weight excluding hydrogens is 406 g/mol. The molecule has 0 saturated carbocycles. The third kappa shape index (κ3) is 3.81. The first kappa shape index (κ1) is 19.4. The van der Waals surface area contributed by atoms with Gasteiger partial charge in [-0.15, -0.1) is 11.3 Å². The molecule has 4 rings (SSSR count). The summed E-state index contributed by atoms with van der Waals surface area (Å²) in [6.07, 6.45) is 0. The van der Waals surface area contributed by atoms with E-state index in [2.05, 4.69) is 15.3 Å². The topological polar surface area (TPSA) is 92.2 Å². The van der Waals surface area contributed by atoms with Crippen molar-refractivity contribution in [2.75, 3.05) is 11.1 Å². The Bertz CT molecular complexity index is 1300. The molecule has 8 heteroatoms. The van der Waals surface area contributed by atoms with Crippen molar-refractivity contribution >= 4 is 42.9 Å². The lowest BCUT2D eigenvalue weighted by atomic mass is 10.2. The van der Waals surface area contributed by atoms with Gasteiger partial charge < -0.3 is 10.4 Å². The van der Waals surface area contributed by atoms with Gasteiger partial charge >= 0.3 is 0 Å². The molecule has 6 nitrogen and oxygen atoms in total. The predicted molar refractivity (Wildman–Crippen MR) is 117 cm³/mol. The first-order valence-electron chi connectivity index (χ1n) is 9.04. The second-order valence-electron chi connectivity index (χ2n) is 6.52. The number of aromatic nitrogens is 2. The Morgan fingerprint density at radius 1 is 1.07 bits per heavy atom. The molecule has 0 aliphatic carbocycles. The van der Waals surface area contributed by atoms with Crippen LogP contribution in [0.3, 0.4) is 0 Å². The van der Waals surface area contributed by atoms with Crippen molar-refractivity contribution in [1.29, 1.82) is 0 Å². The third-order valence-electron chi connectivity index (χ3n) is 4.52. The highest BCUT2D eigenvalue weighted by molar-refractivity contribution is 7.91. The molecule has 0 bridgehead atoms. The normalized spacial score (nSPS) is 11.7. The summed E-state index contributed by atoms with van der Waals surface area (Å²) in [6, 6.07) is 16.2. The first-order chi connectivity index (χ1) is 13.9. The van der Waals surface area contributed by atoms with Crippen molar-refractivity contribution in [2.24, 2.45) is 0 Å². The van der Waals surface area contributed by atoms with E-state index >= 15 is 0 Å². The molecule has 29 heavy (non-hydrogen) atoms. The molecule has 2 N–H and O–H groups in total. The second kappa shape index (κ2) is 7.46. The lowest BCUT2D eigenvalue weighted by Gasteiger charge is -2.11. The van der Waals surface area contributed by atoms with E-state index in [1.807, 2.05) is 36.4 Å². The summed E-state index contributed by atoms with van der Waals surface area (Å²) in [5.41, 5.74) is 1.37. The van der Waals surface area contributed by atoms with Crippen LogP contribution in [-0.2, 0) is 9.84 Å². The van der Waals surface area contributed by atoms with Gasteiger partial charge in [-0.2, -0.15) is 0 Å². The molecule has 0 saturated heterocycles. The Morgan fingerprint density at radius 3 is 2.55 bits per heavy atom. The zero-order chi connectivity index (χ0) is 20.6. The van der Waals surface area contributed by atoms with Crippen molar-refractivity contribution in [3.8, 4) is 16.2 Å². The molecule has 4 aromatic rings. The zero-order valence-electron chi connectivity index (χ0n) is 15.9. The van der Waals surface area contributed by atoms with Gasteiger partial charge in [-0.05, 0) is 36.8 Å². The summed E-state index contributed by atoms with van der Waals surface area (Å²) >= 11 is 1.55. The van der Waals surface area contributed by atoms with Gasteiger partial charge in [0.1, 0.15) is 22.2 Å². The van der Waals surface area contributed by atoms with E-state index in [0.29, 0.717) is 11.6 Å². The molecule has 0 radical (unpaired) electrons. The first-order valence-corrected chi connectivity index (χ1v) is 11.5. The molecule has 0 aliphatic rings. The molecule has 0 spiro atoms. The van der Waals surface area contributed by atoms with Crippen LogP contribution < -0.4 is 5.32 Å². The van der Waals surface area contributed by atoms with Gasteiger partial charge in [0.05, 0.1) is 21.7 Å². The molecule has 148 valence electrons. The highest BCUT2D eigenvalue weighted by Crippen LogP contribution is 2.37. The van der Waals surface area contributed by atoms with Gasteiger partial charge in [-0.3, -0.25) is 0 Å². The number of aryl methyl sites for hydroxylation is 1. The smallest absolute Gasteiger partial charge is 0.178 e. The predicted octanol–water partition coefficient (Wildman–Crippen LogP) is 4.91. The minimum Gasteiger partial charge on any atom is -0.506 e. The fourth-order valence-electron chi connectivity index (χ4n) is 2.97. The van der Waals surface area contributed by atoms with Crippen LogP contribution in [0.25, 0.3) is 20.7 Å². The van der Waals surface area contributed by atoms with E-state index in [1.165, 1.54) is 18.2 Å². The Morgan fingerprint density at radius 2 is 1.83 bits per heavy atom. The van der Waals surface area contributed by atoms with Crippen LogP contribution in [0.4, 0.5) is 11.5 Å². The molecule has 2 heterocycles. The summed E-state index contributed by atoms with van der Waals surface area (Å²) < 4.78 is 24.4. The third-order valence-corrected chi connectivity index (χ3v) is 7.33. The fourth-order valence-corrected chi connectivity index (χ4v) is 4.96. The molecule has 0 atom stereocenters. The van der Waals surface area contributed by atoms with Crippen LogP contribution in [-0.4, -0.2) is 29.2 Å². The van der Waals surface area contributed by atoms with Crippen molar-refractivity contribution in [3.63, 3.8) is 0 Å². The summed E-state index contributed by atoms with van der Waals surface area (Å²) in [6.45, 7) is 3.38. The maximum Gasteiger partial charge on any atom is 0.178 e. The van der Waals surface area contributed by atoms with Crippen LogP contribution in [0, 0.1) is 6.92 Å². The van der Waals surface area contributed by atoms with E-state index in [-0.39, 0.29) is 22.1 Å². The number of anilines is 2. The molecule has 2 aromatic heterocycles. The Labute approximate surface area is 172 Å². The van der Waals surface area contributed by atoms with Crippen LogP contribution in [0.2, 0.25) is 0 Å². The number of fused-ring (bicyclic) bond motifs is 1. The highest BCUT2D eigenvalue weighted by Gasteiger charge is 2.17. The van der Waals surface area contributed by atoms with Crippen molar-refractivity contribution in [3.05, 3.63) is 60.4 Å². The number of thiophene rings is 1. The average molecular weight is 426 g/mol. The number of hydrogen-bond donors (Lipinski definition) is 2. The summed E-state index contributed by atoms with van der Waals surface area (Å²) in [7, 11) is -3.39. The monoisotopic (exact) mass is 425 g/mol. The molecule has 0 aliphatic heterocycles. The SMILES string of the molecule is CCS(=O)(=O)c1ccc(O)c(Nc2nc(C)nc3sc(-c4ccccc4)cc23)c1. The number of benzene rings is 2. The van der Waals surface area contributed by atoms with Gasteiger partial charge in [-0.1, -0.05) is 37.3 Å². The average Bonchev–Trinajstić information content (AvgIpc) is 3.14. The minimum absolute atomic E-state index is 0.0148. The van der Waals surface area contributed by atoms with E-state index in [4.69, 9.17) is 0 Å². The second-order valence-corrected chi connectivity index (χ2v) is 9.83. The van der Waals surface area contributed by atoms with Crippen LogP contribution >= 0.6 is 11.3 Å². The fraction of sp³-hybridized carbons (Fsp3) is 0.143. The maximum atomic E-state index is 12.2. The number of phenolic OH excluding ortho intramolecular Hbond substituents is 1. The van der Waals surface area contributed by atoms with Crippen LogP contribution in [0.5, 0.6) is 5.75 Å². The van der Waals surface area contributed by atoms with E-state index in [1.54, 1.807) is 25.2 Å². The summed E-state index contributed by atoms with van der Waals surface area (Å²) in [4.78, 5) is 11.0. The lowest BCUT2D eigenvalue weighted by Crippen LogP contribution is -2.05. The quantitative estimate of drug-likeness (QED) is 0.442. The van der Waals surface area contributed by atoms with E-state index in [9.17, 15) is 13.5 Å². The van der Waals surface area contributed by atoms with Gasteiger partial charge in [0, 0.05) is 4.88 Å². The number of sulfone groups is 1. The largest absolute Gasteiger partial charge is 0.506 e. The van der Waals surface area contributed by atoms with E-state index in [0.717, 1.165) is 20.7 Å². The van der Waals surface area contributed by atoms with Crippen molar-refractivity contribution in [2.45, 2.75) is 18.7 Å². The molecule has 0 fully saturated rings. The number of rotatable bonds is 5. The molecule has 0 unspecified atom stereocenters. The summed E-state index contributed by atoms with van der Waals surface area (Å²) in [5, 5.41) is 14.2. The number of phenols is 1. The number of nitrogens with zero attached hydrogens (tertiary/aromatic N) is 2.